The van der Waals surface area contributed by atoms with Crippen LogP contribution >= 0.6 is 0 Å². The maximum absolute atomic E-state index is 12.3. The summed E-state index contributed by atoms with van der Waals surface area (Å²) in [7, 11) is 0. The number of aryl methyl sites for hydroxylation is 1. The first-order valence-electron chi connectivity index (χ1n) is 5.91. The van der Waals surface area contributed by atoms with E-state index in [1.807, 2.05) is 31.2 Å². The van der Waals surface area contributed by atoms with Crippen molar-refractivity contribution in [2.45, 2.75) is 6.92 Å². The fraction of sp³-hybridized carbons (Fsp3) is 0.0714. The van der Waals surface area contributed by atoms with E-state index in [2.05, 4.69) is 20.5 Å². The maximum atomic E-state index is 12.3. The number of benzene rings is 1. The van der Waals surface area contributed by atoms with Crippen molar-refractivity contribution in [1.29, 1.82) is 0 Å². The summed E-state index contributed by atoms with van der Waals surface area (Å²) in [5, 5.41) is 10.1. The molecule has 2 heterocycles. The molecule has 0 radical (unpaired) electrons. The number of aromatic nitrogens is 3. The summed E-state index contributed by atoms with van der Waals surface area (Å²) in [4.78, 5) is 16.7. The lowest BCUT2D eigenvalue weighted by atomic mass is 10.1. The minimum Gasteiger partial charge on any atom is -0.307 e. The van der Waals surface area contributed by atoms with Gasteiger partial charge in [0.05, 0.1) is 17.3 Å². The van der Waals surface area contributed by atoms with E-state index in [0.717, 1.165) is 16.6 Å². The van der Waals surface area contributed by atoms with Crippen molar-refractivity contribution >= 4 is 22.6 Å². The van der Waals surface area contributed by atoms with Crippen LogP contribution in [0, 0.1) is 6.92 Å². The third-order valence-electron chi connectivity index (χ3n) is 2.84. The first kappa shape index (κ1) is 11.4. The predicted molar refractivity (Wildman–Crippen MR) is 73.0 cm³/mol. The van der Waals surface area contributed by atoms with Gasteiger partial charge in [-0.1, -0.05) is 18.2 Å². The molecule has 19 heavy (non-hydrogen) atoms. The Balaban J connectivity index is 2.06. The quantitative estimate of drug-likeness (QED) is 0.736. The summed E-state index contributed by atoms with van der Waals surface area (Å²) < 4.78 is 0. The van der Waals surface area contributed by atoms with Gasteiger partial charge in [0.2, 0.25) is 0 Å². The Hall–Kier alpha value is -2.69. The molecule has 94 valence electrons. The van der Waals surface area contributed by atoms with Gasteiger partial charge in [-0.2, -0.15) is 5.10 Å². The second-order valence-electron chi connectivity index (χ2n) is 4.25. The average Bonchev–Trinajstić information content (AvgIpc) is 2.90. The van der Waals surface area contributed by atoms with E-state index in [4.69, 9.17) is 0 Å². The van der Waals surface area contributed by atoms with Gasteiger partial charge in [-0.05, 0) is 19.1 Å². The topological polar surface area (TPSA) is 70.7 Å². The monoisotopic (exact) mass is 252 g/mol. The Bertz CT molecular complexity index is 734. The standard InChI is InChI=1S/C14H12N4O/c1-9-8-11(10-4-2-3-5-12(10)16-9)14(19)17-13-6-7-15-18-13/h2-8H,1H3,(H2,15,17,18,19). The summed E-state index contributed by atoms with van der Waals surface area (Å²) >= 11 is 0. The van der Waals surface area contributed by atoms with E-state index in [1.165, 1.54) is 0 Å². The summed E-state index contributed by atoms with van der Waals surface area (Å²) in [6, 6.07) is 11.1. The molecular formula is C14H12N4O. The van der Waals surface area contributed by atoms with Crippen molar-refractivity contribution in [2.75, 3.05) is 5.32 Å². The second-order valence-corrected chi connectivity index (χ2v) is 4.25. The number of carbonyl (C=O) groups is 1. The number of para-hydroxylation sites is 1. The third kappa shape index (κ3) is 2.18. The van der Waals surface area contributed by atoms with Crippen LogP contribution in [-0.4, -0.2) is 21.1 Å². The zero-order valence-electron chi connectivity index (χ0n) is 10.3. The fourth-order valence-corrected chi connectivity index (χ4v) is 2.01. The first-order chi connectivity index (χ1) is 9.24. The molecule has 2 aromatic heterocycles. The van der Waals surface area contributed by atoms with E-state index < -0.39 is 0 Å². The van der Waals surface area contributed by atoms with E-state index in [1.54, 1.807) is 18.3 Å². The Morgan fingerprint density at radius 3 is 2.89 bits per heavy atom. The van der Waals surface area contributed by atoms with E-state index >= 15 is 0 Å². The molecule has 0 unspecified atom stereocenters. The van der Waals surface area contributed by atoms with Gasteiger partial charge in [-0.25, -0.2) is 0 Å². The van der Waals surface area contributed by atoms with Crippen molar-refractivity contribution in [3.05, 3.63) is 53.9 Å². The number of fused-ring (bicyclic) bond motifs is 1. The molecule has 0 saturated carbocycles. The number of hydrogen-bond acceptors (Lipinski definition) is 3. The smallest absolute Gasteiger partial charge is 0.257 e. The van der Waals surface area contributed by atoms with Gasteiger partial charge in [0.1, 0.15) is 5.82 Å². The minimum atomic E-state index is -0.175. The van der Waals surface area contributed by atoms with Crippen LogP contribution < -0.4 is 5.32 Å². The number of anilines is 1. The molecule has 0 bridgehead atoms. The zero-order chi connectivity index (χ0) is 13.2. The van der Waals surface area contributed by atoms with Crippen molar-refractivity contribution in [2.24, 2.45) is 0 Å². The molecule has 0 atom stereocenters. The molecule has 2 N–H and O–H groups in total. The van der Waals surface area contributed by atoms with Crippen molar-refractivity contribution in [3.8, 4) is 0 Å². The molecular weight excluding hydrogens is 240 g/mol. The van der Waals surface area contributed by atoms with Crippen molar-refractivity contribution < 1.29 is 4.79 Å². The van der Waals surface area contributed by atoms with Crippen molar-refractivity contribution in [1.82, 2.24) is 15.2 Å². The van der Waals surface area contributed by atoms with Gasteiger partial charge < -0.3 is 5.32 Å². The Morgan fingerprint density at radius 1 is 1.26 bits per heavy atom. The highest BCUT2D eigenvalue weighted by Gasteiger charge is 2.12. The van der Waals surface area contributed by atoms with E-state index in [0.29, 0.717) is 11.4 Å². The number of nitrogens with zero attached hydrogens (tertiary/aromatic N) is 2. The molecule has 0 fully saturated rings. The molecule has 3 rings (SSSR count). The van der Waals surface area contributed by atoms with Crippen LogP contribution in [0.25, 0.3) is 10.9 Å². The van der Waals surface area contributed by atoms with Gasteiger partial charge in [-0.3, -0.25) is 14.9 Å². The highest BCUT2D eigenvalue weighted by atomic mass is 16.1. The van der Waals surface area contributed by atoms with E-state index in [-0.39, 0.29) is 5.91 Å². The molecule has 0 saturated heterocycles. The Labute approximate surface area is 109 Å². The van der Waals surface area contributed by atoms with Crippen LogP contribution in [0.1, 0.15) is 16.1 Å². The minimum absolute atomic E-state index is 0.175. The number of amides is 1. The molecule has 5 heteroatoms. The lowest BCUT2D eigenvalue weighted by molar-refractivity contribution is 0.102. The number of carbonyl (C=O) groups excluding carboxylic acids is 1. The molecule has 5 nitrogen and oxygen atoms in total. The third-order valence-corrected chi connectivity index (χ3v) is 2.84. The molecule has 0 spiro atoms. The number of hydrogen-bond donors (Lipinski definition) is 2. The van der Waals surface area contributed by atoms with Gasteiger partial charge >= 0.3 is 0 Å². The highest BCUT2D eigenvalue weighted by Crippen LogP contribution is 2.19. The van der Waals surface area contributed by atoms with Gasteiger partial charge in [0.15, 0.2) is 0 Å². The van der Waals surface area contributed by atoms with Gasteiger partial charge in [-0.15, -0.1) is 0 Å². The van der Waals surface area contributed by atoms with Crippen molar-refractivity contribution in [3.63, 3.8) is 0 Å². The van der Waals surface area contributed by atoms with Crippen LogP contribution in [0.5, 0.6) is 0 Å². The highest BCUT2D eigenvalue weighted by molar-refractivity contribution is 6.12. The molecule has 0 aliphatic carbocycles. The summed E-state index contributed by atoms with van der Waals surface area (Å²) in [5.41, 5.74) is 2.24. The fourth-order valence-electron chi connectivity index (χ4n) is 2.01. The number of pyridine rings is 1. The Kier molecular flexibility index (Phi) is 2.72. The normalized spacial score (nSPS) is 10.6. The SMILES string of the molecule is Cc1cc(C(=O)Nc2ccn[nH]2)c2ccccc2n1. The molecule has 1 aromatic carbocycles. The van der Waals surface area contributed by atoms with Gasteiger partial charge in [0.25, 0.3) is 5.91 Å². The largest absolute Gasteiger partial charge is 0.307 e. The van der Waals surface area contributed by atoms with E-state index in [9.17, 15) is 4.79 Å². The lowest BCUT2D eigenvalue weighted by Crippen LogP contribution is -2.13. The Morgan fingerprint density at radius 2 is 2.11 bits per heavy atom. The molecule has 3 aromatic rings. The second kappa shape index (κ2) is 4.53. The number of H-pyrrole nitrogens is 1. The number of aromatic amines is 1. The maximum Gasteiger partial charge on any atom is 0.257 e. The predicted octanol–water partition coefficient (Wildman–Crippen LogP) is 2.52. The zero-order valence-corrected chi connectivity index (χ0v) is 10.3. The van der Waals surface area contributed by atoms with Crippen LogP contribution in [0.3, 0.4) is 0 Å². The average molecular weight is 252 g/mol. The van der Waals surface area contributed by atoms with Crippen LogP contribution in [-0.2, 0) is 0 Å². The molecule has 1 amide bonds. The van der Waals surface area contributed by atoms with Gasteiger partial charge in [0, 0.05) is 17.1 Å². The van der Waals surface area contributed by atoms with Crippen LogP contribution in [0.15, 0.2) is 42.6 Å². The number of rotatable bonds is 2. The summed E-state index contributed by atoms with van der Waals surface area (Å²) in [6.45, 7) is 1.87. The molecule has 0 aliphatic heterocycles. The number of nitrogens with one attached hydrogen (secondary N) is 2. The molecule has 0 aliphatic rings. The summed E-state index contributed by atoms with van der Waals surface area (Å²) in [6.07, 6.45) is 1.59. The van der Waals surface area contributed by atoms with Crippen LogP contribution in [0.2, 0.25) is 0 Å². The lowest BCUT2D eigenvalue weighted by Gasteiger charge is -2.07. The first-order valence-corrected chi connectivity index (χ1v) is 5.91. The van der Waals surface area contributed by atoms with Crippen LogP contribution in [0.4, 0.5) is 5.82 Å². The summed E-state index contributed by atoms with van der Waals surface area (Å²) in [5.74, 6) is 0.398.